The van der Waals surface area contributed by atoms with Crippen molar-refractivity contribution in [3.05, 3.63) is 76.0 Å². The zero-order chi connectivity index (χ0) is 28.7. The molecule has 39 heavy (non-hydrogen) atoms. The van der Waals surface area contributed by atoms with Crippen LogP contribution in [0.15, 0.2) is 42.5 Å². The van der Waals surface area contributed by atoms with Crippen LogP contribution in [0.5, 0.6) is 5.75 Å². The number of alkyl halides is 6. The number of phenolic OH excluding ortho intramolecular Hbond substituents is 1. The lowest BCUT2D eigenvalue weighted by Gasteiger charge is -2.21. The molecule has 0 aliphatic carbocycles. The standard InChI is InChI=1S/C25H22F6N4O4/c1-13(15-3-5-16(6-4-15)23(38)39-2)32-21(37)19-20(25(29,30)31)33-35-8-7-34(22(19)35)12-14-9-17(24(26,27)28)11-18(36)10-14/h3-6,9-11,13,36H,7-8,12H2,1-2H3,(H,32,37)/t13-/m0/s1. The van der Waals surface area contributed by atoms with Crippen molar-refractivity contribution in [1.82, 2.24) is 15.1 Å². The van der Waals surface area contributed by atoms with Crippen molar-refractivity contribution >= 4 is 17.7 Å². The van der Waals surface area contributed by atoms with E-state index >= 15 is 0 Å². The number of carbonyl (C=O) groups is 2. The number of amides is 1. The van der Waals surface area contributed by atoms with Crippen LogP contribution >= 0.6 is 0 Å². The van der Waals surface area contributed by atoms with Gasteiger partial charge in [0.05, 0.1) is 30.8 Å². The van der Waals surface area contributed by atoms with E-state index in [2.05, 4.69) is 15.2 Å². The molecule has 0 unspecified atom stereocenters. The highest BCUT2D eigenvalue weighted by atomic mass is 19.4. The molecule has 0 fully saturated rings. The highest BCUT2D eigenvalue weighted by Crippen LogP contribution is 2.39. The van der Waals surface area contributed by atoms with E-state index in [4.69, 9.17) is 0 Å². The minimum Gasteiger partial charge on any atom is -0.508 e. The molecule has 8 nitrogen and oxygen atoms in total. The molecule has 1 aliphatic heterocycles. The maximum atomic E-state index is 13.9. The van der Waals surface area contributed by atoms with Gasteiger partial charge in [0.15, 0.2) is 5.69 Å². The molecular formula is C25H22F6N4O4. The van der Waals surface area contributed by atoms with E-state index in [1.54, 1.807) is 0 Å². The third-order valence-corrected chi connectivity index (χ3v) is 6.16. The fourth-order valence-electron chi connectivity index (χ4n) is 4.34. The van der Waals surface area contributed by atoms with E-state index in [0.29, 0.717) is 11.6 Å². The molecule has 0 spiro atoms. The number of aromatic nitrogens is 2. The van der Waals surface area contributed by atoms with Crippen molar-refractivity contribution < 1.29 is 45.8 Å². The second-order valence-corrected chi connectivity index (χ2v) is 8.88. The number of rotatable bonds is 6. The molecule has 4 rings (SSSR count). The average molecular weight is 556 g/mol. The molecule has 2 heterocycles. The maximum Gasteiger partial charge on any atom is 0.436 e. The van der Waals surface area contributed by atoms with Crippen molar-refractivity contribution in [1.29, 1.82) is 0 Å². The molecule has 0 saturated heterocycles. The lowest BCUT2D eigenvalue weighted by molar-refractivity contribution is -0.142. The number of phenols is 1. The first-order chi connectivity index (χ1) is 18.2. The fraction of sp³-hybridized carbons (Fsp3) is 0.320. The number of carbonyl (C=O) groups excluding carboxylic acids is 2. The molecule has 3 aromatic rings. The van der Waals surface area contributed by atoms with Gasteiger partial charge in [-0.05, 0) is 48.4 Å². The number of nitrogens with zero attached hydrogens (tertiary/aromatic N) is 3. The summed E-state index contributed by atoms with van der Waals surface area (Å²) in [5, 5.41) is 15.9. The van der Waals surface area contributed by atoms with Crippen LogP contribution in [-0.4, -0.2) is 40.4 Å². The Morgan fingerprint density at radius 3 is 2.31 bits per heavy atom. The third-order valence-electron chi connectivity index (χ3n) is 6.16. The van der Waals surface area contributed by atoms with Crippen LogP contribution in [0.2, 0.25) is 0 Å². The van der Waals surface area contributed by atoms with Gasteiger partial charge >= 0.3 is 18.3 Å². The molecule has 14 heteroatoms. The minimum absolute atomic E-state index is 0.0176. The van der Waals surface area contributed by atoms with Gasteiger partial charge in [-0.1, -0.05) is 12.1 Å². The number of esters is 1. The van der Waals surface area contributed by atoms with Crippen molar-refractivity contribution in [2.75, 3.05) is 18.6 Å². The molecule has 0 saturated carbocycles. The van der Waals surface area contributed by atoms with Gasteiger partial charge in [0.2, 0.25) is 0 Å². The van der Waals surface area contributed by atoms with E-state index < -0.39 is 52.8 Å². The predicted octanol–water partition coefficient (Wildman–Crippen LogP) is 4.92. The number of aromatic hydroxyl groups is 1. The van der Waals surface area contributed by atoms with E-state index in [1.165, 1.54) is 43.2 Å². The van der Waals surface area contributed by atoms with E-state index in [-0.39, 0.29) is 36.6 Å². The molecule has 1 amide bonds. The molecule has 0 bridgehead atoms. The summed E-state index contributed by atoms with van der Waals surface area (Å²) >= 11 is 0. The van der Waals surface area contributed by atoms with Gasteiger partial charge in [-0.2, -0.15) is 31.4 Å². The van der Waals surface area contributed by atoms with Gasteiger partial charge in [0, 0.05) is 13.1 Å². The third kappa shape index (κ3) is 5.78. The van der Waals surface area contributed by atoms with Gasteiger partial charge in [-0.3, -0.25) is 4.79 Å². The molecule has 1 aliphatic rings. The number of hydrogen-bond donors (Lipinski definition) is 2. The summed E-state index contributed by atoms with van der Waals surface area (Å²) in [6, 6.07) is 7.51. The van der Waals surface area contributed by atoms with Crippen molar-refractivity contribution in [3.8, 4) is 5.75 Å². The van der Waals surface area contributed by atoms with Gasteiger partial charge in [0.1, 0.15) is 17.1 Å². The second kappa shape index (κ2) is 10.2. The van der Waals surface area contributed by atoms with E-state index in [9.17, 15) is 41.0 Å². The fourth-order valence-corrected chi connectivity index (χ4v) is 4.34. The SMILES string of the molecule is COC(=O)c1ccc([C@H](C)NC(=O)c2c(C(F)(F)F)nn3c2N(Cc2cc(O)cc(C(F)(F)F)c2)CC3)cc1. The van der Waals surface area contributed by atoms with Crippen molar-refractivity contribution in [2.45, 2.75) is 38.4 Å². The molecular weight excluding hydrogens is 534 g/mol. The van der Waals surface area contributed by atoms with Crippen molar-refractivity contribution in [2.24, 2.45) is 0 Å². The number of methoxy groups -OCH3 is 1. The Labute approximate surface area is 217 Å². The first kappa shape index (κ1) is 27.8. The van der Waals surface area contributed by atoms with E-state index in [0.717, 1.165) is 16.8 Å². The summed E-state index contributed by atoms with van der Waals surface area (Å²) in [5.41, 5.74) is -2.61. The zero-order valence-electron chi connectivity index (χ0n) is 20.5. The Hall–Kier alpha value is -4.23. The van der Waals surface area contributed by atoms with Gasteiger partial charge in [-0.15, -0.1) is 0 Å². The Bertz CT molecular complexity index is 1400. The van der Waals surface area contributed by atoms with E-state index in [1.807, 2.05) is 0 Å². The average Bonchev–Trinajstić information content (AvgIpc) is 3.43. The number of benzene rings is 2. The lowest BCUT2D eigenvalue weighted by atomic mass is 10.1. The van der Waals surface area contributed by atoms with Crippen LogP contribution in [0.4, 0.5) is 32.2 Å². The molecule has 1 atom stereocenters. The Kier molecular flexibility index (Phi) is 7.23. The van der Waals surface area contributed by atoms with Crippen LogP contribution in [0.3, 0.4) is 0 Å². The smallest absolute Gasteiger partial charge is 0.436 e. The molecule has 0 radical (unpaired) electrons. The number of nitrogens with one attached hydrogen (secondary N) is 1. The lowest BCUT2D eigenvalue weighted by Crippen LogP contribution is -2.31. The summed E-state index contributed by atoms with van der Waals surface area (Å²) < 4.78 is 86.9. The summed E-state index contributed by atoms with van der Waals surface area (Å²) in [7, 11) is 1.21. The molecule has 1 aromatic heterocycles. The minimum atomic E-state index is -4.99. The number of fused-ring (bicyclic) bond motifs is 1. The van der Waals surface area contributed by atoms with Gasteiger partial charge in [-0.25, -0.2) is 9.48 Å². The summed E-state index contributed by atoms with van der Waals surface area (Å²) in [6.07, 6.45) is -9.74. The topological polar surface area (TPSA) is 96.7 Å². The zero-order valence-corrected chi connectivity index (χ0v) is 20.5. The summed E-state index contributed by atoms with van der Waals surface area (Å²) in [5.74, 6) is -2.54. The number of halogens is 6. The van der Waals surface area contributed by atoms with Crippen LogP contribution in [-0.2, 0) is 30.2 Å². The van der Waals surface area contributed by atoms with Gasteiger partial charge in [0.25, 0.3) is 5.91 Å². The van der Waals surface area contributed by atoms with Crippen LogP contribution in [0, 0.1) is 0 Å². The summed E-state index contributed by atoms with van der Waals surface area (Å²) in [6.45, 7) is 1.25. The number of anilines is 1. The van der Waals surface area contributed by atoms with Crippen LogP contribution in [0.1, 0.15) is 56.1 Å². The van der Waals surface area contributed by atoms with Crippen LogP contribution in [0.25, 0.3) is 0 Å². The quantitative estimate of drug-likeness (QED) is 0.331. The van der Waals surface area contributed by atoms with Crippen molar-refractivity contribution in [3.63, 3.8) is 0 Å². The Balaban J connectivity index is 1.65. The number of hydrogen-bond acceptors (Lipinski definition) is 6. The maximum absolute atomic E-state index is 13.9. The predicted molar refractivity (Wildman–Crippen MR) is 125 cm³/mol. The Morgan fingerprint density at radius 1 is 1.05 bits per heavy atom. The highest BCUT2D eigenvalue weighted by molar-refractivity contribution is 6.01. The normalized spacial score (nSPS) is 14.2. The monoisotopic (exact) mass is 556 g/mol. The Morgan fingerprint density at radius 2 is 1.72 bits per heavy atom. The molecule has 2 aromatic carbocycles. The van der Waals surface area contributed by atoms with Crippen LogP contribution < -0.4 is 10.2 Å². The largest absolute Gasteiger partial charge is 0.508 e. The first-order valence-electron chi connectivity index (χ1n) is 11.5. The summed E-state index contributed by atoms with van der Waals surface area (Å²) in [4.78, 5) is 26.2. The molecule has 208 valence electrons. The molecule has 2 N–H and O–H groups in total. The second-order valence-electron chi connectivity index (χ2n) is 8.88. The van der Waals surface area contributed by atoms with Gasteiger partial charge < -0.3 is 20.1 Å². The first-order valence-corrected chi connectivity index (χ1v) is 11.5. The highest BCUT2D eigenvalue weighted by Gasteiger charge is 2.44. The number of ether oxygens (including phenoxy) is 1.